The van der Waals surface area contributed by atoms with Crippen LogP contribution in [0.25, 0.3) is 0 Å². The molecular formula is C19H20N4O5. The van der Waals surface area contributed by atoms with E-state index in [4.69, 9.17) is 14.2 Å². The molecule has 0 aliphatic heterocycles. The number of carbonyl (C=O) groups excluding carboxylic acids is 1. The van der Waals surface area contributed by atoms with Crippen LogP contribution in [0.5, 0.6) is 17.4 Å². The number of aromatic nitrogens is 1. The summed E-state index contributed by atoms with van der Waals surface area (Å²) in [6.07, 6.45) is 1.36. The molecule has 0 unspecified atom stereocenters. The molecule has 9 heteroatoms. The Bertz CT molecular complexity index is 921. The van der Waals surface area contributed by atoms with Gasteiger partial charge in [-0.05, 0) is 36.8 Å². The highest BCUT2D eigenvalue weighted by molar-refractivity contribution is 5.83. The first-order chi connectivity index (χ1) is 13.5. The van der Waals surface area contributed by atoms with E-state index >= 15 is 0 Å². The first-order valence-corrected chi connectivity index (χ1v) is 8.19. The molecule has 2 rings (SSSR count). The average molecular weight is 384 g/mol. The second kappa shape index (κ2) is 9.89. The van der Waals surface area contributed by atoms with Gasteiger partial charge >= 0.3 is 0 Å². The maximum absolute atomic E-state index is 11.9. The molecule has 1 aromatic heterocycles. The van der Waals surface area contributed by atoms with Crippen molar-refractivity contribution in [3.05, 3.63) is 46.6 Å². The van der Waals surface area contributed by atoms with Gasteiger partial charge in [0.15, 0.2) is 18.1 Å². The molecule has 0 aliphatic carbocycles. The third kappa shape index (κ3) is 5.43. The van der Waals surface area contributed by atoms with Crippen LogP contribution in [0.15, 0.2) is 29.4 Å². The highest BCUT2D eigenvalue weighted by Gasteiger charge is 2.14. The molecule has 2 N–H and O–H groups in total. The molecule has 28 heavy (non-hydrogen) atoms. The van der Waals surface area contributed by atoms with E-state index < -0.39 is 5.91 Å². The van der Waals surface area contributed by atoms with Crippen molar-refractivity contribution in [2.24, 2.45) is 5.10 Å². The van der Waals surface area contributed by atoms with Crippen LogP contribution in [-0.2, 0) is 16.1 Å². The number of aromatic hydroxyl groups is 1. The van der Waals surface area contributed by atoms with Crippen molar-refractivity contribution >= 4 is 12.1 Å². The van der Waals surface area contributed by atoms with Gasteiger partial charge in [0.1, 0.15) is 11.6 Å². The molecule has 0 atom stereocenters. The summed E-state index contributed by atoms with van der Waals surface area (Å²) in [4.78, 5) is 16.1. The van der Waals surface area contributed by atoms with E-state index in [1.165, 1.54) is 26.5 Å². The molecule has 0 fully saturated rings. The zero-order valence-corrected chi connectivity index (χ0v) is 15.7. The van der Waals surface area contributed by atoms with Crippen LogP contribution in [0.4, 0.5) is 0 Å². The number of methoxy groups -OCH3 is 2. The summed E-state index contributed by atoms with van der Waals surface area (Å²) in [5, 5.41) is 22.8. The van der Waals surface area contributed by atoms with E-state index in [0.717, 1.165) is 0 Å². The largest absolute Gasteiger partial charge is 0.504 e. The molecule has 0 saturated heterocycles. The fourth-order valence-electron chi connectivity index (χ4n) is 2.34. The van der Waals surface area contributed by atoms with E-state index in [1.807, 2.05) is 6.07 Å². The normalized spacial score (nSPS) is 10.5. The van der Waals surface area contributed by atoms with Crippen molar-refractivity contribution in [2.75, 3.05) is 20.8 Å². The second-order valence-electron chi connectivity index (χ2n) is 5.66. The summed E-state index contributed by atoms with van der Waals surface area (Å²) in [5.41, 5.74) is 4.35. The predicted octanol–water partition coefficient (Wildman–Crippen LogP) is 1.65. The van der Waals surface area contributed by atoms with Crippen molar-refractivity contribution in [3.63, 3.8) is 0 Å². The van der Waals surface area contributed by atoms with Crippen LogP contribution in [0, 0.1) is 18.3 Å². The molecule has 0 radical (unpaired) electrons. The monoisotopic (exact) mass is 384 g/mol. The molecule has 1 heterocycles. The smallest absolute Gasteiger partial charge is 0.278 e. The van der Waals surface area contributed by atoms with Gasteiger partial charge in [0.25, 0.3) is 5.91 Å². The zero-order chi connectivity index (χ0) is 20.5. The van der Waals surface area contributed by atoms with Crippen LogP contribution in [0.3, 0.4) is 0 Å². The number of phenolic OH excluding ortho intramolecular Hbond substituents is 1. The van der Waals surface area contributed by atoms with Gasteiger partial charge in [-0.15, -0.1) is 0 Å². The maximum Gasteiger partial charge on any atom is 0.278 e. The second-order valence-corrected chi connectivity index (χ2v) is 5.66. The first kappa shape index (κ1) is 20.7. The van der Waals surface area contributed by atoms with E-state index in [0.29, 0.717) is 22.6 Å². The molecule has 0 bridgehead atoms. The lowest BCUT2D eigenvalue weighted by Crippen LogP contribution is -2.25. The van der Waals surface area contributed by atoms with Crippen molar-refractivity contribution < 1.29 is 24.1 Å². The molecule has 9 nitrogen and oxygen atoms in total. The fraction of sp³-hybridized carbons (Fsp3) is 0.263. The van der Waals surface area contributed by atoms with Gasteiger partial charge in [0.05, 0.1) is 19.9 Å². The third-order valence-electron chi connectivity index (χ3n) is 3.55. The number of ether oxygens (including phenoxy) is 3. The lowest BCUT2D eigenvalue weighted by Gasteiger charge is -2.10. The molecule has 1 aromatic carbocycles. The van der Waals surface area contributed by atoms with E-state index in [-0.39, 0.29) is 30.4 Å². The maximum atomic E-state index is 11.9. The number of nitriles is 1. The van der Waals surface area contributed by atoms with Crippen LogP contribution < -0.4 is 14.9 Å². The number of hydrazone groups is 1. The van der Waals surface area contributed by atoms with E-state index in [1.54, 1.807) is 25.1 Å². The van der Waals surface area contributed by atoms with Crippen LogP contribution in [0.1, 0.15) is 22.4 Å². The van der Waals surface area contributed by atoms with Gasteiger partial charge in [-0.25, -0.2) is 10.4 Å². The minimum Gasteiger partial charge on any atom is -0.504 e. The predicted molar refractivity (Wildman–Crippen MR) is 100 cm³/mol. The van der Waals surface area contributed by atoms with E-state index in [2.05, 4.69) is 15.5 Å². The molecular weight excluding hydrogens is 364 g/mol. The summed E-state index contributed by atoms with van der Waals surface area (Å²) in [7, 11) is 2.97. The Balaban J connectivity index is 1.97. The molecule has 2 aromatic rings. The lowest BCUT2D eigenvalue weighted by atomic mass is 10.1. The summed E-state index contributed by atoms with van der Waals surface area (Å²) in [6.45, 7) is 1.61. The highest BCUT2D eigenvalue weighted by atomic mass is 16.5. The van der Waals surface area contributed by atoms with E-state index in [9.17, 15) is 15.2 Å². The molecule has 1 amide bonds. The Labute approximate surface area is 162 Å². The zero-order valence-electron chi connectivity index (χ0n) is 15.7. The minimum atomic E-state index is -0.533. The first-order valence-electron chi connectivity index (χ1n) is 8.19. The van der Waals surface area contributed by atoms with Crippen molar-refractivity contribution in [1.82, 2.24) is 10.4 Å². The van der Waals surface area contributed by atoms with Gasteiger partial charge in [-0.1, -0.05) is 0 Å². The minimum absolute atomic E-state index is 0.0393. The standard InChI is InChI=1S/C19H20N4O5/c1-12-6-14(10-26-2)15(8-20)19(22-12)28-11-18(25)23-21-9-13-4-5-17(27-3)16(24)7-13/h4-7,9,24H,10-11H2,1-3H3,(H,23,25)/b21-9-. The molecule has 0 aliphatic rings. The number of benzene rings is 1. The lowest BCUT2D eigenvalue weighted by molar-refractivity contribution is -0.123. The van der Waals surface area contributed by atoms with Gasteiger partial charge in [-0.3, -0.25) is 4.79 Å². The number of amides is 1. The van der Waals surface area contributed by atoms with Crippen LogP contribution >= 0.6 is 0 Å². The summed E-state index contributed by atoms with van der Waals surface area (Å²) < 4.78 is 15.4. The van der Waals surface area contributed by atoms with Crippen molar-refractivity contribution in [1.29, 1.82) is 5.26 Å². The van der Waals surface area contributed by atoms with Gasteiger partial charge in [-0.2, -0.15) is 10.4 Å². The number of pyridine rings is 1. The Hall–Kier alpha value is -3.64. The SMILES string of the molecule is COCc1cc(C)nc(OCC(=O)N/N=C\c2ccc(OC)c(O)c2)c1C#N. The van der Waals surface area contributed by atoms with Crippen molar-refractivity contribution in [2.45, 2.75) is 13.5 Å². The third-order valence-corrected chi connectivity index (χ3v) is 3.55. The number of phenols is 1. The average Bonchev–Trinajstić information content (AvgIpc) is 2.66. The van der Waals surface area contributed by atoms with Crippen molar-refractivity contribution in [3.8, 4) is 23.4 Å². The Kier molecular flexibility index (Phi) is 7.30. The number of hydrogen-bond donors (Lipinski definition) is 2. The fourth-order valence-corrected chi connectivity index (χ4v) is 2.34. The van der Waals surface area contributed by atoms with Crippen LogP contribution in [0.2, 0.25) is 0 Å². The van der Waals surface area contributed by atoms with Gasteiger partial charge < -0.3 is 19.3 Å². The molecule has 146 valence electrons. The molecule has 0 spiro atoms. The molecule has 0 saturated carbocycles. The number of rotatable bonds is 8. The number of carbonyl (C=O) groups is 1. The number of nitrogens with zero attached hydrogens (tertiary/aromatic N) is 3. The van der Waals surface area contributed by atoms with Crippen LogP contribution in [-0.4, -0.2) is 43.0 Å². The Morgan fingerprint density at radius 1 is 1.39 bits per heavy atom. The summed E-state index contributed by atoms with van der Waals surface area (Å²) >= 11 is 0. The topological polar surface area (TPSA) is 126 Å². The summed E-state index contributed by atoms with van der Waals surface area (Å²) in [6, 6.07) is 8.42. The quantitative estimate of drug-likeness (QED) is 0.523. The van der Waals surface area contributed by atoms with Gasteiger partial charge in [0, 0.05) is 18.4 Å². The summed E-state index contributed by atoms with van der Waals surface area (Å²) in [5.74, 6) is -0.174. The Morgan fingerprint density at radius 3 is 2.82 bits per heavy atom. The highest BCUT2D eigenvalue weighted by Crippen LogP contribution is 2.25. The number of aryl methyl sites for hydroxylation is 1. The van der Waals surface area contributed by atoms with Gasteiger partial charge in [0.2, 0.25) is 5.88 Å². The Morgan fingerprint density at radius 2 is 2.18 bits per heavy atom. The number of hydrogen-bond acceptors (Lipinski definition) is 8. The number of nitrogens with one attached hydrogen (secondary N) is 1.